The summed E-state index contributed by atoms with van der Waals surface area (Å²) in [4.78, 5) is 14.4. The molecule has 1 saturated heterocycles. The summed E-state index contributed by atoms with van der Waals surface area (Å²) in [7, 11) is 0. The number of halogens is 1. The van der Waals surface area contributed by atoms with E-state index in [1.54, 1.807) is 18.2 Å². The Labute approximate surface area is 141 Å². The quantitative estimate of drug-likeness (QED) is 0.851. The van der Waals surface area contributed by atoms with Gasteiger partial charge < -0.3 is 15.2 Å². The van der Waals surface area contributed by atoms with E-state index in [1.807, 2.05) is 0 Å². The third-order valence-corrected chi connectivity index (χ3v) is 5.09. The van der Waals surface area contributed by atoms with Gasteiger partial charge in [0.25, 0.3) is 0 Å². The van der Waals surface area contributed by atoms with E-state index in [-0.39, 0.29) is 42.9 Å². The van der Waals surface area contributed by atoms with Crippen LogP contribution in [0.3, 0.4) is 0 Å². The average Bonchev–Trinajstić information content (AvgIpc) is 3.00. The molecular formula is C18H25FN2O3. The van der Waals surface area contributed by atoms with Crippen molar-refractivity contribution in [3.05, 3.63) is 35.6 Å². The van der Waals surface area contributed by atoms with Crippen LogP contribution >= 0.6 is 0 Å². The Hall–Kier alpha value is -1.50. The smallest absolute Gasteiger partial charge is 0.234 e. The van der Waals surface area contributed by atoms with Crippen molar-refractivity contribution in [2.75, 3.05) is 26.3 Å². The number of hydrogen-bond donors (Lipinski definition) is 2. The fourth-order valence-corrected chi connectivity index (χ4v) is 3.74. The summed E-state index contributed by atoms with van der Waals surface area (Å²) < 4.78 is 19.2. The molecule has 1 saturated carbocycles. The summed E-state index contributed by atoms with van der Waals surface area (Å²) in [5.74, 6) is -0.265. The molecular weight excluding hydrogens is 311 g/mol. The second-order valence-electron chi connectivity index (χ2n) is 6.64. The standard InChI is InChI=1S/C18H25FN2O3/c19-15-6-2-1-4-13(15)10-20-18(23)11-21-8-9-24-12-16(21)14-5-3-7-17(14)22/h1-2,4,6,14,16-17,22H,3,5,7-12H2,(H,20,23). The van der Waals surface area contributed by atoms with E-state index in [9.17, 15) is 14.3 Å². The Balaban J connectivity index is 1.54. The molecule has 24 heavy (non-hydrogen) atoms. The number of benzene rings is 1. The van der Waals surface area contributed by atoms with E-state index < -0.39 is 0 Å². The maximum absolute atomic E-state index is 13.6. The van der Waals surface area contributed by atoms with Crippen LogP contribution in [0.15, 0.2) is 24.3 Å². The molecule has 1 heterocycles. The number of rotatable bonds is 5. The van der Waals surface area contributed by atoms with Crippen LogP contribution in [-0.2, 0) is 16.1 Å². The van der Waals surface area contributed by atoms with Gasteiger partial charge in [0.05, 0.1) is 25.9 Å². The number of carbonyl (C=O) groups is 1. The average molecular weight is 336 g/mol. The van der Waals surface area contributed by atoms with Crippen molar-refractivity contribution in [1.29, 1.82) is 0 Å². The molecule has 3 atom stereocenters. The highest BCUT2D eigenvalue weighted by Crippen LogP contribution is 2.32. The Morgan fingerprint density at radius 2 is 2.21 bits per heavy atom. The molecule has 6 heteroatoms. The van der Waals surface area contributed by atoms with Gasteiger partial charge in [-0.1, -0.05) is 24.6 Å². The number of ether oxygens (including phenoxy) is 1. The molecule has 0 bridgehead atoms. The first-order valence-corrected chi connectivity index (χ1v) is 8.65. The van der Waals surface area contributed by atoms with Crippen molar-refractivity contribution >= 4 is 5.91 Å². The van der Waals surface area contributed by atoms with Crippen molar-refractivity contribution in [2.45, 2.75) is 38.0 Å². The van der Waals surface area contributed by atoms with Gasteiger partial charge in [-0.3, -0.25) is 9.69 Å². The first-order valence-electron chi connectivity index (χ1n) is 8.65. The second-order valence-corrected chi connectivity index (χ2v) is 6.64. The molecule has 1 aliphatic heterocycles. The van der Waals surface area contributed by atoms with E-state index in [1.165, 1.54) is 6.07 Å². The summed E-state index contributed by atoms with van der Waals surface area (Å²) in [6.07, 6.45) is 2.52. The van der Waals surface area contributed by atoms with Crippen LogP contribution in [0.4, 0.5) is 4.39 Å². The maximum Gasteiger partial charge on any atom is 0.234 e. The monoisotopic (exact) mass is 336 g/mol. The number of nitrogens with one attached hydrogen (secondary N) is 1. The van der Waals surface area contributed by atoms with Crippen molar-refractivity contribution in [2.24, 2.45) is 5.92 Å². The third-order valence-electron chi connectivity index (χ3n) is 5.09. The molecule has 0 spiro atoms. The minimum absolute atomic E-state index is 0.0791. The van der Waals surface area contributed by atoms with E-state index >= 15 is 0 Å². The lowest BCUT2D eigenvalue weighted by atomic mass is 9.94. The summed E-state index contributed by atoms with van der Waals surface area (Å²) in [5, 5.41) is 12.9. The summed E-state index contributed by atoms with van der Waals surface area (Å²) >= 11 is 0. The van der Waals surface area contributed by atoms with E-state index in [0.29, 0.717) is 25.3 Å². The van der Waals surface area contributed by atoms with Crippen LogP contribution < -0.4 is 5.32 Å². The molecule has 2 N–H and O–H groups in total. The number of amides is 1. The Morgan fingerprint density at radius 3 is 2.96 bits per heavy atom. The Bertz CT molecular complexity index is 569. The molecule has 1 aliphatic carbocycles. The molecule has 1 amide bonds. The normalized spacial score (nSPS) is 28.0. The Kier molecular flexibility index (Phi) is 5.81. The van der Waals surface area contributed by atoms with Crippen LogP contribution in [0.2, 0.25) is 0 Å². The van der Waals surface area contributed by atoms with Crippen molar-refractivity contribution < 1.29 is 19.0 Å². The molecule has 1 aromatic rings. The number of aliphatic hydroxyl groups is 1. The van der Waals surface area contributed by atoms with Crippen LogP contribution in [-0.4, -0.2) is 54.4 Å². The summed E-state index contributed by atoms with van der Waals surface area (Å²) in [6.45, 7) is 2.28. The SMILES string of the molecule is O=C(CN1CCOCC1C1CCCC1O)NCc1ccccc1F. The van der Waals surface area contributed by atoms with Gasteiger partial charge >= 0.3 is 0 Å². The number of nitrogens with zero attached hydrogens (tertiary/aromatic N) is 1. The van der Waals surface area contributed by atoms with Gasteiger partial charge in [0.15, 0.2) is 0 Å². The zero-order valence-corrected chi connectivity index (χ0v) is 13.8. The topological polar surface area (TPSA) is 61.8 Å². The predicted molar refractivity (Wildman–Crippen MR) is 87.8 cm³/mol. The van der Waals surface area contributed by atoms with Crippen LogP contribution in [0.25, 0.3) is 0 Å². The van der Waals surface area contributed by atoms with E-state index in [4.69, 9.17) is 4.74 Å². The highest BCUT2D eigenvalue weighted by molar-refractivity contribution is 5.78. The van der Waals surface area contributed by atoms with Gasteiger partial charge in [-0.15, -0.1) is 0 Å². The van der Waals surface area contributed by atoms with Crippen molar-refractivity contribution in [3.8, 4) is 0 Å². The van der Waals surface area contributed by atoms with Crippen LogP contribution in [0.1, 0.15) is 24.8 Å². The Morgan fingerprint density at radius 1 is 1.38 bits per heavy atom. The molecule has 3 rings (SSSR count). The minimum Gasteiger partial charge on any atom is -0.393 e. The van der Waals surface area contributed by atoms with Gasteiger partial charge in [-0.05, 0) is 18.9 Å². The molecule has 2 aliphatic rings. The molecule has 132 valence electrons. The number of carbonyl (C=O) groups excluding carboxylic acids is 1. The zero-order valence-electron chi connectivity index (χ0n) is 13.8. The first-order chi connectivity index (χ1) is 11.6. The lowest BCUT2D eigenvalue weighted by Crippen LogP contribution is -2.53. The lowest BCUT2D eigenvalue weighted by Gasteiger charge is -2.39. The van der Waals surface area contributed by atoms with Crippen LogP contribution in [0.5, 0.6) is 0 Å². The molecule has 0 aromatic heterocycles. The fraction of sp³-hybridized carbons (Fsp3) is 0.611. The molecule has 3 unspecified atom stereocenters. The number of hydrogen-bond acceptors (Lipinski definition) is 4. The molecule has 1 aromatic carbocycles. The van der Waals surface area contributed by atoms with E-state index in [2.05, 4.69) is 10.2 Å². The molecule has 0 radical (unpaired) electrons. The number of aliphatic hydroxyl groups excluding tert-OH is 1. The maximum atomic E-state index is 13.6. The minimum atomic E-state index is -0.309. The van der Waals surface area contributed by atoms with Crippen molar-refractivity contribution in [3.63, 3.8) is 0 Å². The summed E-state index contributed by atoms with van der Waals surface area (Å²) in [5.41, 5.74) is 0.482. The number of morpholine rings is 1. The molecule has 5 nitrogen and oxygen atoms in total. The van der Waals surface area contributed by atoms with E-state index in [0.717, 1.165) is 19.3 Å². The summed E-state index contributed by atoms with van der Waals surface area (Å²) in [6, 6.07) is 6.52. The fourth-order valence-electron chi connectivity index (χ4n) is 3.74. The highest BCUT2D eigenvalue weighted by Gasteiger charge is 2.38. The molecule has 2 fully saturated rings. The van der Waals surface area contributed by atoms with Crippen molar-refractivity contribution in [1.82, 2.24) is 10.2 Å². The van der Waals surface area contributed by atoms with Crippen LogP contribution in [0, 0.1) is 11.7 Å². The first kappa shape index (κ1) is 17.3. The van der Waals surface area contributed by atoms with Gasteiger partial charge in [-0.2, -0.15) is 0 Å². The van der Waals surface area contributed by atoms with Gasteiger partial charge in [-0.25, -0.2) is 4.39 Å². The largest absolute Gasteiger partial charge is 0.393 e. The highest BCUT2D eigenvalue weighted by atomic mass is 19.1. The second kappa shape index (κ2) is 8.05. The predicted octanol–water partition coefficient (Wildman–Crippen LogP) is 1.30. The third kappa shape index (κ3) is 4.12. The van der Waals surface area contributed by atoms with Gasteiger partial charge in [0.2, 0.25) is 5.91 Å². The zero-order chi connectivity index (χ0) is 16.9. The van der Waals surface area contributed by atoms with Gasteiger partial charge in [0.1, 0.15) is 5.82 Å². The van der Waals surface area contributed by atoms with Gasteiger partial charge in [0, 0.05) is 30.6 Å². The lowest BCUT2D eigenvalue weighted by molar-refractivity contribution is -0.126.